The molecule has 1 amide bonds. The van der Waals surface area contributed by atoms with Gasteiger partial charge in [0.2, 0.25) is 0 Å². The van der Waals surface area contributed by atoms with Gasteiger partial charge in [-0.25, -0.2) is 4.98 Å². The molecule has 128 valence electrons. The first-order valence-corrected chi connectivity index (χ1v) is 9.25. The second kappa shape index (κ2) is 6.80. The molecule has 25 heavy (non-hydrogen) atoms. The largest absolute Gasteiger partial charge is 0.489 e. The van der Waals surface area contributed by atoms with Crippen LogP contribution in [-0.4, -0.2) is 40.0 Å². The van der Waals surface area contributed by atoms with E-state index in [1.54, 1.807) is 6.20 Å². The zero-order valence-electron chi connectivity index (χ0n) is 14.0. The highest BCUT2D eigenvalue weighted by atomic mass is 32.1. The number of fused-ring (bicyclic) bond motifs is 1. The number of aryl methyl sites for hydroxylation is 1. The normalized spacial score (nSPS) is 15.5. The Hall–Kier alpha value is -2.47. The SMILES string of the molecule is Cc1ccc(OC2CCN(C(=O)c3nc4ccccc4s3)CC2)cn1. The van der Waals surface area contributed by atoms with Crippen LogP contribution in [0.15, 0.2) is 42.6 Å². The Balaban J connectivity index is 1.37. The molecule has 4 rings (SSSR count). The summed E-state index contributed by atoms with van der Waals surface area (Å²) < 4.78 is 7.03. The standard InChI is InChI=1S/C19H19N3O2S/c1-13-6-7-15(12-20-13)24-14-8-10-22(11-9-14)19(23)18-21-16-4-2-3-5-17(16)25-18/h2-7,12,14H,8-11H2,1H3. The molecule has 1 fully saturated rings. The summed E-state index contributed by atoms with van der Waals surface area (Å²) in [6.07, 6.45) is 3.53. The van der Waals surface area contributed by atoms with Crippen molar-refractivity contribution in [1.29, 1.82) is 0 Å². The Morgan fingerprint density at radius 2 is 2.00 bits per heavy atom. The fourth-order valence-corrected chi connectivity index (χ4v) is 3.93. The number of amides is 1. The van der Waals surface area contributed by atoms with E-state index >= 15 is 0 Å². The number of aromatic nitrogens is 2. The minimum atomic E-state index is 0.0247. The maximum atomic E-state index is 12.7. The molecule has 1 saturated heterocycles. The fourth-order valence-electron chi connectivity index (χ4n) is 2.99. The number of ether oxygens (including phenoxy) is 1. The monoisotopic (exact) mass is 353 g/mol. The quantitative estimate of drug-likeness (QED) is 0.721. The number of carbonyl (C=O) groups excluding carboxylic acids is 1. The third-order valence-electron chi connectivity index (χ3n) is 4.39. The third kappa shape index (κ3) is 3.49. The van der Waals surface area contributed by atoms with Gasteiger partial charge >= 0.3 is 0 Å². The minimum absolute atomic E-state index is 0.0247. The van der Waals surface area contributed by atoms with Crippen LogP contribution in [0.5, 0.6) is 5.75 Å². The van der Waals surface area contributed by atoms with E-state index in [-0.39, 0.29) is 12.0 Å². The molecule has 1 aromatic carbocycles. The lowest BCUT2D eigenvalue weighted by molar-refractivity contribution is 0.0595. The lowest BCUT2D eigenvalue weighted by Gasteiger charge is -2.31. The number of pyridine rings is 1. The molecule has 2 aromatic heterocycles. The summed E-state index contributed by atoms with van der Waals surface area (Å²) in [7, 11) is 0. The Kier molecular flexibility index (Phi) is 4.36. The van der Waals surface area contributed by atoms with Crippen LogP contribution in [-0.2, 0) is 0 Å². The highest BCUT2D eigenvalue weighted by Crippen LogP contribution is 2.25. The number of piperidine rings is 1. The van der Waals surface area contributed by atoms with Gasteiger partial charge in [0.25, 0.3) is 5.91 Å². The van der Waals surface area contributed by atoms with E-state index in [1.807, 2.05) is 48.2 Å². The average Bonchev–Trinajstić information content (AvgIpc) is 3.08. The topological polar surface area (TPSA) is 55.3 Å². The van der Waals surface area contributed by atoms with Gasteiger partial charge in [0.15, 0.2) is 5.01 Å². The van der Waals surface area contributed by atoms with Gasteiger partial charge in [0.1, 0.15) is 11.9 Å². The van der Waals surface area contributed by atoms with Crippen molar-refractivity contribution < 1.29 is 9.53 Å². The number of hydrogen-bond acceptors (Lipinski definition) is 5. The first-order chi connectivity index (χ1) is 12.2. The molecule has 0 unspecified atom stereocenters. The lowest BCUT2D eigenvalue weighted by atomic mass is 10.1. The summed E-state index contributed by atoms with van der Waals surface area (Å²) in [6, 6.07) is 11.7. The van der Waals surface area contributed by atoms with E-state index in [4.69, 9.17) is 4.74 Å². The van der Waals surface area contributed by atoms with Crippen LogP contribution in [0, 0.1) is 6.92 Å². The summed E-state index contributed by atoms with van der Waals surface area (Å²) >= 11 is 1.46. The van der Waals surface area contributed by atoms with Gasteiger partial charge < -0.3 is 9.64 Å². The average molecular weight is 353 g/mol. The molecule has 0 aliphatic carbocycles. The van der Waals surface area contributed by atoms with Crippen LogP contribution in [0.25, 0.3) is 10.2 Å². The molecular weight excluding hydrogens is 334 g/mol. The van der Waals surface area contributed by atoms with Gasteiger partial charge in [0.05, 0.1) is 16.4 Å². The van der Waals surface area contributed by atoms with E-state index in [0.29, 0.717) is 18.1 Å². The van der Waals surface area contributed by atoms with Crippen LogP contribution >= 0.6 is 11.3 Å². The van der Waals surface area contributed by atoms with E-state index < -0.39 is 0 Å². The Morgan fingerprint density at radius 1 is 1.20 bits per heavy atom. The van der Waals surface area contributed by atoms with Crippen molar-refractivity contribution in [3.05, 3.63) is 53.3 Å². The van der Waals surface area contributed by atoms with Gasteiger partial charge in [-0.05, 0) is 31.2 Å². The van der Waals surface area contributed by atoms with Gasteiger partial charge in [-0.15, -0.1) is 11.3 Å². The molecule has 1 aliphatic heterocycles. The fraction of sp³-hybridized carbons (Fsp3) is 0.316. The number of benzene rings is 1. The first-order valence-electron chi connectivity index (χ1n) is 8.43. The highest BCUT2D eigenvalue weighted by Gasteiger charge is 2.26. The zero-order valence-corrected chi connectivity index (χ0v) is 14.8. The minimum Gasteiger partial charge on any atom is -0.489 e. The molecule has 0 spiro atoms. The maximum absolute atomic E-state index is 12.7. The van der Waals surface area contributed by atoms with Crippen LogP contribution in [0.3, 0.4) is 0 Å². The van der Waals surface area contributed by atoms with Crippen LogP contribution < -0.4 is 4.74 Å². The van der Waals surface area contributed by atoms with Crippen LogP contribution in [0.2, 0.25) is 0 Å². The maximum Gasteiger partial charge on any atom is 0.282 e. The van der Waals surface area contributed by atoms with Gasteiger partial charge in [0, 0.05) is 31.6 Å². The van der Waals surface area contributed by atoms with Crippen molar-refractivity contribution in [3.8, 4) is 5.75 Å². The van der Waals surface area contributed by atoms with E-state index in [0.717, 1.165) is 34.5 Å². The van der Waals surface area contributed by atoms with Crippen LogP contribution in [0.4, 0.5) is 0 Å². The number of thiazole rings is 1. The molecule has 1 aliphatic rings. The predicted molar refractivity (Wildman–Crippen MR) is 98.1 cm³/mol. The molecule has 3 aromatic rings. The number of carbonyl (C=O) groups is 1. The highest BCUT2D eigenvalue weighted by molar-refractivity contribution is 7.20. The molecule has 0 radical (unpaired) electrons. The van der Waals surface area contributed by atoms with E-state index in [9.17, 15) is 4.79 Å². The molecular formula is C19H19N3O2S. The van der Waals surface area contributed by atoms with Crippen molar-refractivity contribution in [2.24, 2.45) is 0 Å². The Bertz CT molecular complexity index is 850. The lowest BCUT2D eigenvalue weighted by Crippen LogP contribution is -2.41. The second-order valence-electron chi connectivity index (χ2n) is 6.23. The van der Waals surface area contributed by atoms with Crippen molar-refractivity contribution in [3.63, 3.8) is 0 Å². The number of nitrogens with zero attached hydrogens (tertiary/aromatic N) is 3. The number of hydrogen-bond donors (Lipinski definition) is 0. The third-order valence-corrected chi connectivity index (χ3v) is 5.42. The number of likely N-dealkylation sites (tertiary alicyclic amines) is 1. The number of rotatable bonds is 3. The molecule has 5 nitrogen and oxygen atoms in total. The molecule has 0 atom stereocenters. The molecule has 6 heteroatoms. The van der Waals surface area contributed by atoms with Crippen molar-refractivity contribution in [2.75, 3.05) is 13.1 Å². The molecule has 0 bridgehead atoms. The number of para-hydroxylation sites is 1. The van der Waals surface area contributed by atoms with E-state index in [2.05, 4.69) is 9.97 Å². The second-order valence-corrected chi connectivity index (χ2v) is 7.26. The zero-order chi connectivity index (χ0) is 17.2. The smallest absolute Gasteiger partial charge is 0.282 e. The van der Waals surface area contributed by atoms with E-state index in [1.165, 1.54) is 11.3 Å². The summed E-state index contributed by atoms with van der Waals surface area (Å²) in [5, 5.41) is 0.573. The molecule has 0 N–H and O–H groups in total. The van der Waals surface area contributed by atoms with Gasteiger partial charge in [-0.1, -0.05) is 12.1 Å². The molecule has 3 heterocycles. The first kappa shape index (κ1) is 16.0. The van der Waals surface area contributed by atoms with Gasteiger partial charge in [-0.2, -0.15) is 0 Å². The molecule has 0 saturated carbocycles. The van der Waals surface area contributed by atoms with Crippen molar-refractivity contribution in [2.45, 2.75) is 25.9 Å². The summed E-state index contributed by atoms with van der Waals surface area (Å²) in [5.74, 6) is 0.818. The van der Waals surface area contributed by atoms with Crippen molar-refractivity contribution >= 4 is 27.5 Å². The Morgan fingerprint density at radius 3 is 2.72 bits per heavy atom. The Labute approximate surface area is 150 Å². The van der Waals surface area contributed by atoms with Gasteiger partial charge in [-0.3, -0.25) is 9.78 Å². The summed E-state index contributed by atoms with van der Waals surface area (Å²) in [6.45, 7) is 3.34. The van der Waals surface area contributed by atoms with Crippen LogP contribution in [0.1, 0.15) is 28.3 Å². The van der Waals surface area contributed by atoms with Crippen molar-refractivity contribution in [1.82, 2.24) is 14.9 Å². The predicted octanol–water partition coefficient (Wildman–Crippen LogP) is 3.68. The summed E-state index contributed by atoms with van der Waals surface area (Å²) in [5.41, 5.74) is 1.87. The summed E-state index contributed by atoms with van der Waals surface area (Å²) in [4.78, 5) is 23.3.